The van der Waals surface area contributed by atoms with Gasteiger partial charge in [0.2, 0.25) is 10.0 Å². The van der Waals surface area contributed by atoms with E-state index in [1.807, 2.05) is 19.9 Å². The normalized spacial score (nSPS) is 17.8. The van der Waals surface area contributed by atoms with Crippen LogP contribution in [0.5, 0.6) is 0 Å². The molecule has 0 radical (unpaired) electrons. The maximum atomic E-state index is 12.5. The topological polar surface area (TPSA) is 66.4 Å². The monoisotopic (exact) mass is 297 g/mol. The van der Waals surface area contributed by atoms with Crippen LogP contribution in [0.1, 0.15) is 42.9 Å². The van der Waals surface area contributed by atoms with E-state index in [0.717, 1.165) is 18.4 Å². The van der Waals surface area contributed by atoms with Crippen LogP contribution >= 0.6 is 0 Å². The second-order valence-electron chi connectivity index (χ2n) is 5.80. The first-order valence-corrected chi connectivity index (χ1v) is 8.57. The van der Waals surface area contributed by atoms with Gasteiger partial charge in [-0.25, -0.2) is 13.1 Å². The molecule has 1 atom stereocenters. The molecule has 2 N–H and O–H groups in total. The number of aryl methyl sites for hydroxylation is 2. The Balaban J connectivity index is 2.28. The van der Waals surface area contributed by atoms with Gasteiger partial charge in [0, 0.05) is 6.04 Å². The van der Waals surface area contributed by atoms with Crippen molar-refractivity contribution in [2.24, 2.45) is 5.92 Å². The minimum Gasteiger partial charge on any atom is -0.392 e. The quantitative estimate of drug-likeness (QED) is 0.876. The number of aliphatic hydroxyl groups is 1. The molecule has 112 valence electrons. The minimum atomic E-state index is -3.52. The summed E-state index contributed by atoms with van der Waals surface area (Å²) in [7, 11) is -3.52. The third-order valence-electron chi connectivity index (χ3n) is 4.29. The van der Waals surface area contributed by atoms with Crippen molar-refractivity contribution < 1.29 is 13.5 Å². The molecule has 0 spiro atoms. The lowest BCUT2D eigenvalue weighted by atomic mass is 9.81. The van der Waals surface area contributed by atoms with E-state index >= 15 is 0 Å². The number of aliphatic hydroxyl groups excluding tert-OH is 1. The molecule has 0 aliphatic heterocycles. The van der Waals surface area contributed by atoms with Gasteiger partial charge >= 0.3 is 0 Å². The number of nitrogens with one attached hydrogen (secondary N) is 1. The van der Waals surface area contributed by atoms with E-state index in [1.54, 1.807) is 13.0 Å². The first kappa shape index (κ1) is 15.5. The summed E-state index contributed by atoms with van der Waals surface area (Å²) in [5.41, 5.74) is 2.29. The third-order valence-corrected chi connectivity index (χ3v) is 5.99. The van der Waals surface area contributed by atoms with Gasteiger partial charge in [-0.05, 0) is 62.3 Å². The molecule has 0 heterocycles. The average molecular weight is 297 g/mol. The van der Waals surface area contributed by atoms with E-state index < -0.39 is 10.0 Å². The lowest BCUT2D eigenvalue weighted by molar-refractivity contribution is 0.260. The molecule has 0 bridgehead atoms. The van der Waals surface area contributed by atoms with E-state index in [2.05, 4.69) is 4.72 Å². The second kappa shape index (κ2) is 5.84. The Labute approximate surface area is 121 Å². The van der Waals surface area contributed by atoms with Crippen molar-refractivity contribution in [2.75, 3.05) is 0 Å². The van der Waals surface area contributed by atoms with Gasteiger partial charge in [-0.1, -0.05) is 12.5 Å². The summed E-state index contributed by atoms with van der Waals surface area (Å²) >= 11 is 0. The molecule has 1 aromatic carbocycles. The second-order valence-corrected chi connectivity index (χ2v) is 7.49. The number of benzene rings is 1. The van der Waals surface area contributed by atoms with Gasteiger partial charge in [0.1, 0.15) is 0 Å². The zero-order valence-electron chi connectivity index (χ0n) is 12.3. The molecule has 4 nitrogen and oxygen atoms in total. The molecule has 1 unspecified atom stereocenters. The van der Waals surface area contributed by atoms with Gasteiger partial charge in [-0.15, -0.1) is 0 Å². The molecule has 0 saturated heterocycles. The summed E-state index contributed by atoms with van der Waals surface area (Å²) in [5.74, 6) is 0.452. The van der Waals surface area contributed by atoms with Crippen molar-refractivity contribution in [1.82, 2.24) is 4.72 Å². The fraction of sp³-hybridized carbons (Fsp3) is 0.600. The van der Waals surface area contributed by atoms with Crippen molar-refractivity contribution in [1.29, 1.82) is 0 Å². The van der Waals surface area contributed by atoms with Crippen LogP contribution in [0.15, 0.2) is 17.0 Å². The largest absolute Gasteiger partial charge is 0.392 e. The lowest BCUT2D eigenvalue weighted by Gasteiger charge is -2.31. The summed E-state index contributed by atoms with van der Waals surface area (Å²) in [5, 5.41) is 9.30. The maximum absolute atomic E-state index is 12.5. The Morgan fingerprint density at radius 3 is 2.45 bits per heavy atom. The molecule has 2 rings (SSSR count). The van der Waals surface area contributed by atoms with E-state index in [4.69, 9.17) is 0 Å². The molecular formula is C15H23NO3S. The van der Waals surface area contributed by atoms with Crippen LogP contribution in [0.3, 0.4) is 0 Å². The first-order valence-electron chi connectivity index (χ1n) is 7.08. The van der Waals surface area contributed by atoms with Crippen molar-refractivity contribution in [3.63, 3.8) is 0 Å². The minimum absolute atomic E-state index is 0.0352. The van der Waals surface area contributed by atoms with E-state index in [-0.39, 0.29) is 17.5 Å². The van der Waals surface area contributed by atoms with Crippen LogP contribution in [0.4, 0.5) is 0 Å². The van der Waals surface area contributed by atoms with Crippen LogP contribution in [-0.4, -0.2) is 19.6 Å². The highest BCUT2D eigenvalue weighted by atomic mass is 32.2. The maximum Gasteiger partial charge on any atom is 0.241 e. The molecule has 1 fully saturated rings. The molecule has 20 heavy (non-hydrogen) atoms. The smallest absolute Gasteiger partial charge is 0.241 e. The number of rotatable bonds is 5. The Bertz CT molecular complexity index is 591. The summed E-state index contributed by atoms with van der Waals surface area (Å²) in [6.07, 6.45) is 3.38. The van der Waals surface area contributed by atoms with Gasteiger partial charge in [-0.3, -0.25) is 0 Å². The molecule has 1 aliphatic carbocycles. The molecule has 1 aliphatic rings. The van der Waals surface area contributed by atoms with Crippen molar-refractivity contribution >= 4 is 10.0 Å². The average Bonchev–Trinajstić information content (AvgIpc) is 2.25. The Morgan fingerprint density at radius 1 is 1.30 bits per heavy atom. The summed E-state index contributed by atoms with van der Waals surface area (Å²) in [6, 6.07) is 3.36. The van der Waals surface area contributed by atoms with Gasteiger partial charge in [0.25, 0.3) is 0 Å². The van der Waals surface area contributed by atoms with Crippen LogP contribution in [0.2, 0.25) is 0 Å². The van der Waals surface area contributed by atoms with Gasteiger partial charge in [0.15, 0.2) is 0 Å². The molecule has 0 amide bonds. The standard InChI is InChI=1S/C15H23NO3S/c1-10-7-11(2)15(8-14(10)9-17)20(18,19)16-12(3)13-5-4-6-13/h7-8,12-13,16-17H,4-6,9H2,1-3H3. The van der Waals surface area contributed by atoms with Crippen molar-refractivity contribution in [3.8, 4) is 0 Å². The van der Waals surface area contributed by atoms with Crippen LogP contribution in [0, 0.1) is 19.8 Å². The molecule has 5 heteroatoms. The van der Waals surface area contributed by atoms with Crippen LogP contribution < -0.4 is 4.72 Å². The van der Waals surface area contributed by atoms with Crippen molar-refractivity contribution in [2.45, 2.75) is 57.6 Å². The zero-order chi connectivity index (χ0) is 14.9. The van der Waals surface area contributed by atoms with E-state index in [1.165, 1.54) is 6.42 Å². The molecule has 0 aromatic heterocycles. The molecule has 1 aromatic rings. The fourth-order valence-corrected chi connectivity index (χ4v) is 4.27. The van der Waals surface area contributed by atoms with Gasteiger partial charge in [0.05, 0.1) is 11.5 Å². The third kappa shape index (κ3) is 3.05. The lowest BCUT2D eigenvalue weighted by Crippen LogP contribution is -2.40. The zero-order valence-corrected chi connectivity index (χ0v) is 13.1. The number of hydrogen-bond donors (Lipinski definition) is 2. The Morgan fingerprint density at radius 2 is 1.95 bits per heavy atom. The van der Waals surface area contributed by atoms with Crippen LogP contribution in [0.25, 0.3) is 0 Å². The number of hydrogen-bond acceptors (Lipinski definition) is 3. The predicted octanol–water partition coefficient (Wildman–Crippen LogP) is 2.26. The molecule has 1 saturated carbocycles. The summed E-state index contributed by atoms with van der Waals surface area (Å²) in [6.45, 7) is 5.45. The molecular weight excluding hydrogens is 274 g/mol. The van der Waals surface area contributed by atoms with E-state index in [9.17, 15) is 13.5 Å². The SMILES string of the molecule is Cc1cc(C)c(S(=O)(=O)NC(C)C2CCC2)cc1CO. The van der Waals surface area contributed by atoms with Crippen molar-refractivity contribution in [3.05, 3.63) is 28.8 Å². The highest BCUT2D eigenvalue weighted by Crippen LogP contribution is 2.30. The van der Waals surface area contributed by atoms with Crippen LogP contribution in [-0.2, 0) is 16.6 Å². The highest BCUT2D eigenvalue weighted by molar-refractivity contribution is 7.89. The van der Waals surface area contributed by atoms with Gasteiger partial charge in [-0.2, -0.15) is 0 Å². The Hall–Kier alpha value is -0.910. The summed E-state index contributed by atoms with van der Waals surface area (Å²) < 4.78 is 27.8. The predicted molar refractivity (Wildman–Crippen MR) is 79.0 cm³/mol. The summed E-state index contributed by atoms with van der Waals surface area (Å²) in [4.78, 5) is 0.276. The fourth-order valence-electron chi connectivity index (χ4n) is 2.68. The number of sulfonamides is 1. The first-order chi connectivity index (χ1) is 9.35. The van der Waals surface area contributed by atoms with Gasteiger partial charge < -0.3 is 5.11 Å². The Kier molecular flexibility index (Phi) is 4.52. The highest BCUT2D eigenvalue weighted by Gasteiger charge is 2.28. The van der Waals surface area contributed by atoms with E-state index in [0.29, 0.717) is 17.0 Å².